The number of nitrogens with zero attached hydrogens (tertiary/aromatic N) is 3. The van der Waals surface area contributed by atoms with Gasteiger partial charge in [-0.05, 0) is 38.8 Å². The average Bonchev–Trinajstić information content (AvgIpc) is 2.46. The molecule has 0 bridgehead atoms. The highest BCUT2D eigenvalue weighted by Crippen LogP contribution is 2.19. The third kappa shape index (κ3) is 3.56. The summed E-state index contributed by atoms with van der Waals surface area (Å²) in [7, 11) is 2.07. The quantitative estimate of drug-likeness (QED) is 0.844. The van der Waals surface area contributed by atoms with Gasteiger partial charge in [-0.1, -0.05) is 13.3 Å². The standard InChI is InChI=1S/C14H25N5/c1-3-4-5-11-10-17-14(18-13(11)15)19(2)12-6-8-16-9-7-12/h10,12,16H,3-9H2,1-2H3,(H2,15,17,18). The molecule has 1 aliphatic heterocycles. The van der Waals surface area contributed by atoms with Crippen LogP contribution in [0.5, 0.6) is 0 Å². The summed E-state index contributed by atoms with van der Waals surface area (Å²) < 4.78 is 0. The molecular formula is C14H25N5. The number of nitrogens with two attached hydrogens (primary N) is 1. The molecule has 5 nitrogen and oxygen atoms in total. The van der Waals surface area contributed by atoms with Gasteiger partial charge < -0.3 is 16.0 Å². The van der Waals surface area contributed by atoms with E-state index in [0.717, 1.165) is 56.7 Å². The van der Waals surface area contributed by atoms with Gasteiger partial charge in [0.05, 0.1) is 0 Å². The lowest BCUT2D eigenvalue weighted by Gasteiger charge is -2.31. The van der Waals surface area contributed by atoms with Crippen LogP contribution in [0.1, 0.15) is 38.2 Å². The van der Waals surface area contributed by atoms with Gasteiger partial charge in [-0.25, -0.2) is 4.98 Å². The summed E-state index contributed by atoms with van der Waals surface area (Å²) in [5, 5.41) is 3.37. The second kappa shape index (κ2) is 6.70. The molecule has 106 valence electrons. The molecule has 0 aliphatic carbocycles. The first kappa shape index (κ1) is 14.1. The minimum Gasteiger partial charge on any atom is -0.383 e. The Bertz CT molecular complexity index is 401. The van der Waals surface area contributed by atoms with Crippen LogP contribution in [0.4, 0.5) is 11.8 Å². The minimum absolute atomic E-state index is 0.516. The second-order valence-electron chi connectivity index (χ2n) is 5.28. The van der Waals surface area contributed by atoms with Gasteiger partial charge in [0, 0.05) is 24.8 Å². The van der Waals surface area contributed by atoms with Crippen LogP contribution in [0.25, 0.3) is 0 Å². The number of hydrogen-bond donors (Lipinski definition) is 2. The van der Waals surface area contributed by atoms with E-state index in [1.807, 2.05) is 6.20 Å². The normalized spacial score (nSPS) is 16.5. The third-order valence-electron chi connectivity index (χ3n) is 3.86. The van der Waals surface area contributed by atoms with Crippen molar-refractivity contribution >= 4 is 11.8 Å². The molecule has 0 aromatic carbocycles. The van der Waals surface area contributed by atoms with Gasteiger partial charge in [-0.2, -0.15) is 4.98 Å². The zero-order valence-corrected chi connectivity index (χ0v) is 12.0. The fraction of sp³-hybridized carbons (Fsp3) is 0.714. The van der Waals surface area contributed by atoms with Gasteiger partial charge in [-0.15, -0.1) is 0 Å². The average molecular weight is 263 g/mol. The van der Waals surface area contributed by atoms with Crippen molar-refractivity contribution in [1.82, 2.24) is 15.3 Å². The van der Waals surface area contributed by atoms with Gasteiger partial charge in [0.1, 0.15) is 5.82 Å². The minimum atomic E-state index is 0.516. The summed E-state index contributed by atoms with van der Waals surface area (Å²) in [6.45, 7) is 4.31. The Hall–Kier alpha value is -1.36. The van der Waals surface area contributed by atoms with Crippen LogP contribution in [-0.2, 0) is 6.42 Å². The van der Waals surface area contributed by atoms with Crippen molar-refractivity contribution in [3.8, 4) is 0 Å². The van der Waals surface area contributed by atoms with Crippen LogP contribution in [-0.4, -0.2) is 36.1 Å². The van der Waals surface area contributed by atoms with Crippen LogP contribution < -0.4 is 16.0 Å². The van der Waals surface area contributed by atoms with Gasteiger partial charge in [0.2, 0.25) is 5.95 Å². The smallest absolute Gasteiger partial charge is 0.227 e. The molecule has 19 heavy (non-hydrogen) atoms. The molecule has 0 unspecified atom stereocenters. The molecule has 0 saturated carbocycles. The highest BCUT2D eigenvalue weighted by molar-refractivity contribution is 5.44. The lowest BCUT2D eigenvalue weighted by molar-refractivity contribution is 0.439. The van der Waals surface area contributed by atoms with Crippen molar-refractivity contribution in [3.05, 3.63) is 11.8 Å². The fourth-order valence-corrected chi connectivity index (χ4v) is 2.50. The number of nitrogens with one attached hydrogen (secondary N) is 1. The zero-order chi connectivity index (χ0) is 13.7. The van der Waals surface area contributed by atoms with Gasteiger partial charge in [0.15, 0.2) is 0 Å². The van der Waals surface area contributed by atoms with Gasteiger partial charge in [0.25, 0.3) is 0 Å². The molecule has 2 heterocycles. The maximum Gasteiger partial charge on any atom is 0.227 e. The SMILES string of the molecule is CCCCc1cnc(N(C)C2CCNCC2)nc1N. The van der Waals surface area contributed by atoms with Crippen LogP contribution in [0.15, 0.2) is 6.20 Å². The van der Waals surface area contributed by atoms with E-state index in [4.69, 9.17) is 5.73 Å². The van der Waals surface area contributed by atoms with Gasteiger partial charge >= 0.3 is 0 Å². The number of piperidine rings is 1. The Labute approximate surface area is 115 Å². The number of anilines is 2. The van der Waals surface area contributed by atoms with Crippen molar-refractivity contribution in [1.29, 1.82) is 0 Å². The highest BCUT2D eigenvalue weighted by Gasteiger charge is 2.20. The molecule has 0 amide bonds. The Morgan fingerprint density at radius 3 is 2.79 bits per heavy atom. The summed E-state index contributed by atoms with van der Waals surface area (Å²) in [4.78, 5) is 11.1. The van der Waals surface area contributed by atoms with Crippen LogP contribution >= 0.6 is 0 Å². The Balaban J connectivity index is 2.05. The van der Waals surface area contributed by atoms with E-state index in [0.29, 0.717) is 11.9 Å². The molecule has 0 spiro atoms. The number of unbranched alkanes of at least 4 members (excludes halogenated alkanes) is 1. The molecule has 2 rings (SSSR count). The van der Waals surface area contributed by atoms with E-state index in [2.05, 4.69) is 34.2 Å². The Kier molecular flexibility index (Phi) is 4.96. The number of aromatic nitrogens is 2. The first-order chi connectivity index (χ1) is 9.22. The fourth-order valence-electron chi connectivity index (χ4n) is 2.50. The first-order valence-electron chi connectivity index (χ1n) is 7.27. The van der Waals surface area contributed by atoms with E-state index in [1.54, 1.807) is 0 Å². The van der Waals surface area contributed by atoms with Crippen LogP contribution in [0.3, 0.4) is 0 Å². The van der Waals surface area contributed by atoms with Crippen molar-refractivity contribution in [2.75, 3.05) is 30.8 Å². The van der Waals surface area contributed by atoms with Crippen molar-refractivity contribution < 1.29 is 0 Å². The number of hydrogen-bond acceptors (Lipinski definition) is 5. The molecule has 1 saturated heterocycles. The number of nitrogen functional groups attached to an aromatic ring is 1. The van der Waals surface area contributed by atoms with Crippen LogP contribution in [0, 0.1) is 0 Å². The Morgan fingerprint density at radius 1 is 1.42 bits per heavy atom. The summed E-state index contributed by atoms with van der Waals surface area (Å²) in [6, 6.07) is 0.516. The molecule has 5 heteroatoms. The summed E-state index contributed by atoms with van der Waals surface area (Å²) >= 11 is 0. The molecule has 1 aromatic rings. The first-order valence-corrected chi connectivity index (χ1v) is 7.27. The van der Waals surface area contributed by atoms with E-state index < -0.39 is 0 Å². The lowest BCUT2D eigenvalue weighted by Crippen LogP contribution is -2.42. The molecule has 1 fully saturated rings. The lowest BCUT2D eigenvalue weighted by atomic mass is 10.1. The van der Waals surface area contributed by atoms with E-state index in [1.165, 1.54) is 0 Å². The topological polar surface area (TPSA) is 67.1 Å². The van der Waals surface area contributed by atoms with Crippen molar-refractivity contribution in [2.24, 2.45) is 0 Å². The maximum absolute atomic E-state index is 6.04. The third-order valence-corrected chi connectivity index (χ3v) is 3.86. The molecule has 0 radical (unpaired) electrons. The zero-order valence-electron chi connectivity index (χ0n) is 12.0. The molecular weight excluding hydrogens is 238 g/mol. The number of rotatable bonds is 5. The summed E-state index contributed by atoms with van der Waals surface area (Å²) in [6.07, 6.45) is 7.44. The van der Waals surface area contributed by atoms with Crippen molar-refractivity contribution in [2.45, 2.75) is 45.1 Å². The highest BCUT2D eigenvalue weighted by atomic mass is 15.3. The molecule has 3 N–H and O–H groups in total. The van der Waals surface area contributed by atoms with E-state index in [9.17, 15) is 0 Å². The van der Waals surface area contributed by atoms with Crippen LogP contribution in [0.2, 0.25) is 0 Å². The second-order valence-corrected chi connectivity index (χ2v) is 5.28. The molecule has 0 atom stereocenters. The molecule has 1 aliphatic rings. The maximum atomic E-state index is 6.04. The molecule has 1 aromatic heterocycles. The predicted molar refractivity (Wildman–Crippen MR) is 79.4 cm³/mol. The largest absolute Gasteiger partial charge is 0.383 e. The van der Waals surface area contributed by atoms with E-state index in [-0.39, 0.29) is 0 Å². The summed E-state index contributed by atoms with van der Waals surface area (Å²) in [5.41, 5.74) is 7.11. The van der Waals surface area contributed by atoms with Crippen molar-refractivity contribution in [3.63, 3.8) is 0 Å². The van der Waals surface area contributed by atoms with Gasteiger partial charge in [-0.3, -0.25) is 0 Å². The number of aryl methyl sites for hydroxylation is 1. The summed E-state index contributed by atoms with van der Waals surface area (Å²) in [5.74, 6) is 1.39. The monoisotopic (exact) mass is 263 g/mol. The predicted octanol–water partition coefficient (Wildman–Crippen LogP) is 1.59. The van der Waals surface area contributed by atoms with E-state index >= 15 is 0 Å². The Morgan fingerprint density at radius 2 is 2.16 bits per heavy atom.